The molecule has 8 nitrogen and oxygen atoms in total. The number of aliphatic imine (C=N–C) groups is 1. The van der Waals surface area contributed by atoms with Gasteiger partial charge in [-0.3, -0.25) is 14.8 Å². The number of guanidine groups is 1. The number of hydrogen-bond donors (Lipinski definition) is 1. The quantitative estimate of drug-likeness (QED) is 0.510. The smallest absolute Gasteiger partial charge is 0.193 e. The summed E-state index contributed by atoms with van der Waals surface area (Å²) in [6.07, 6.45) is 0. The monoisotopic (exact) mass is 432 g/mol. The summed E-state index contributed by atoms with van der Waals surface area (Å²) in [5.74, 6) is 2.80. The summed E-state index contributed by atoms with van der Waals surface area (Å²) < 4.78 is 10.9. The zero-order chi connectivity index (χ0) is 22.2. The van der Waals surface area contributed by atoms with E-state index in [1.807, 2.05) is 19.2 Å². The zero-order valence-corrected chi connectivity index (χ0v) is 19.9. The molecule has 8 heteroatoms. The molecule has 0 amide bonds. The van der Waals surface area contributed by atoms with Crippen LogP contribution in [0.4, 0.5) is 0 Å². The number of hydrogen-bond acceptors (Lipinski definition) is 6. The Labute approximate surface area is 187 Å². The van der Waals surface area contributed by atoms with Crippen molar-refractivity contribution < 1.29 is 9.47 Å². The molecule has 174 valence electrons. The van der Waals surface area contributed by atoms with E-state index in [1.54, 1.807) is 14.2 Å². The molecule has 0 radical (unpaired) electrons. The van der Waals surface area contributed by atoms with E-state index < -0.39 is 0 Å². The van der Waals surface area contributed by atoms with E-state index in [1.165, 1.54) is 5.56 Å². The van der Waals surface area contributed by atoms with Crippen molar-refractivity contribution in [3.63, 3.8) is 0 Å². The van der Waals surface area contributed by atoms with Crippen LogP contribution in [0.3, 0.4) is 0 Å². The minimum atomic E-state index is 0.507. The van der Waals surface area contributed by atoms with Crippen molar-refractivity contribution in [2.75, 3.05) is 87.2 Å². The highest BCUT2D eigenvalue weighted by Crippen LogP contribution is 2.25. The van der Waals surface area contributed by atoms with Crippen LogP contribution in [0.1, 0.15) is 12.5 Å². The number of nitrogens with one attached hydrogen (secondary N) is 1. The first-order valence-electron chi connectivity index (χ1n) is 11.4. The number of nitrogens with zero attached hydrogens (tertiary/aromatic N) is 5. The molecule has 0 aromatic heterocycles. The van der Waals surface area contributed by atoms with Crippen molar-refractivity contribution in [1.82, 2.24) is 24.9 Å². The van der Waals surface area contributed by atoms with E-state index in [4.69, 9.17) is 9.47 Å². The van der Waals surface area contributed by atoms with Gasteiger partial charge in [0, 0.05) is 84.1 Å². The van der Waals surface area contributed by atoms with Crippen LogP contribution in [0.2, 0.25) is 0 Å². The third kappa shape index (κ3) is 6.48. The number of rotatable bonds is 7. The molecule has 0 saturated carbocycles. The summed E-state index contributed by atoms with van der Waals surface area (Å²) in [5.41, 5.74) is 1.17. The van der Waals surface area contributed by atoms with Gasteiger partial charge in [-0.15, -0.1) is 0 Å². The van der Waals surface area contributed by atoms with Crippen LogP contribution < -0.4 is 14.8 Å². The molecule has 0 bridgehead atoms. The maximum Gasteiger partial charge on any atom is 0.193 e. The molecule has 1 atom stereocenters. The molecule has 2 saturated heterocycles. The molecular weight excluding hydrogens is 392 g/mol. The minimum absolute atomic E-state index is 0.507. The van der Waals surface area contributed by atoms with Crippen LogP contribution in [0.5, 0.6) is 11.5 Å². The SMILES string of the molecule is CN=C(NCC(C)N1CCN(C)CC1)N1CCN(Cc2cc(OC)ccc2OC)CC1. The van der Waals surface area contributed by atoms with Gasteiger partial charge in [-0.2, -0.15) is 0 Å². The molecule has 0 spiro atoms. The molecule has 1 aromatic rings. The van der Waals surface area contributed by atoms with Crippen LogP contribution in [0.15, 0.2) is 23.2 Å². The second kappa shape index (κ2) is 11.5. The third-order valence-corrected chi connectivity index (χ3v) is 6.48. The van der Waals surface area contributed by atoms with Crippen molar-refractivity contribution in [3.05, 3.63) is 23.8 Å². The summed E-state index contributed by atoms with van der Waals surface area (Å²) >= 11 is 0. The summed E-state index contributed by atoms with van der Waals surface area (Å²) in [7, 11) is 7.51. The van der Waals surface area contributed by atoms with Gasteiger partial charge in [0.2, 0.25) is 0 Å². The number of piperazine rings is 2. The molecule has 1 aromatic carbocycles. The molecule has 2 heterocycles. The molecule has 1 N–H and O–H groups in total. The van der Waals surface area contributed by atoms with Crippen molar-refractivity contribution in [3.8, 4) is 11.5 Å². The second-order valence-electron chi connectivity index (χ2n) is 8.56. The maximum atomic E-state index is 5.54. The number of likely N-dealkylation sites (N-methyl/N-ethyl adjacent to an activating group) is 1. The van der Waals surface area contributed by atoms with Gasteiger partial charge >= 0.3 is 0 Å². The lowest BCUT2D eigenvalue weighted by Crippen LogP contribution is -2.55. The van der Waals surface area contributed by atoms with Gasteiger partial charge in [0.05, 0.1) is 14.2 Å². The summed E-state index contributed by atoms with van der Waals surface area (Å²) in [6, 6.07) is 6.51. The van der Waals surface area contributed by atoms with Crippen LogP contribution in [0, 0.1) is 0 Å². The molecule has 1 unspecified atom stereocenters. The lowest BCUT2D eigenvalue weighted by Gasteiger charge is -2.39. The van der Waals surface area contributed by atoms with Crippen LogP contribution in [0.25, 0.3) is 0 Å². The fourth-order valence-corrected chi connectivity index (χ4v) is 4.33. The average Bonchev–Trinajstić information content (AvgIpc) is 2.80. The molecule has 2 fully saturated rings. The summed E-state index contributed by atoms with van der Waals surface area (Å²) in [5, 5.41) is 3.61. The predicted molar refractivity (Wildman–Crippen MR) is 126 cm³/mol. The van der Waals surface area contributed by atoms with Gasteiger partial charge in [-0.25, -0.2) is 0 Å². The van der Waals surface area contributed by atoms with E-state index in [-0.39, 0.29) is 0 Å². The topological polar surface area (TPSA) is 55.8 Å². The van der Waals surface area contributed by atoms with Crippen molar-refractivity contribution in [2.24, 2.45) is 4.99 Å². The highest BCUT2D eigenvalue weighted by molar-refractivity contribution is 5.80. The predicted octanol–water partition coefficient (Wildman–Crippen LogP) is 1.03. The van der Waals surface area contributed by atoms with E-state index in [0.717, 1.165) is 82.9 Å². The Morgan fingerprint density at radius 3 is 2.35 bits per heavy atom. The van der Waals surface area contributed by atoms with Gasteiger partial charge in [0.25, 0.3) is 0 Å². The standard InChI is InChI=1S/C23H40N6O2/c1-19(28-12-8-26(3)9-13-28)17-25-23(24-2)29-14-10-27(11-15-29)18-20-16-21(30-4)6-7-22(20)31-5/h6-7,16,19H,8-15,17-18H2,1-5H3,(H,24,25). The Kier molecular flexibility index (Phi) is 8.80. The van der Waals surface area contributed by atoms with Gasteiger partial charge in [-0.05, 0) is 32.2 Å². The van der Waals surface area contributed by atoms with Crippen molar-refractivity contribution in [1.29, 1.82) is 0 Å². The third-order valence-electron chi connectivity index (χ3n) is 6.48. The van der Waals surface area contributed by atoms with Gasteiger partial charge in [-0.1, -0.05) is 0 Å². The lowest BCUT2D eigenvalue weighted by molar-refractivity contribution is 0.119. The normalized spacial score (nSPS) is 20.5. The highest BCUT2D eigenvalue weighted by Gasteiger charge is 2.23. The molecule has 31 heavy (non-hydrogen) atoms. The van der Waals surface area contributed by atoms with Crippen molar-refractivity contribution in [2.45, 2.75) is 19.5 Å². The van der Waals surface area contributed by atoms with E-state index >= 15 is 0 Å². The Morgan fingerprint density at radius 2 is 1.74 bits per heavy atom. The molecule has 0 aliphatic carbocycles. The first kappa shape index (κ1) is 23.6. The fraction of sp³-hybridized carbons (Fsp3) is 0.696. The van der Waals surface area contributed by atoms with E-state index in [0.29, 0.717) is 6.04 Å². The first-order valence-corrected chi connectivity index (χ1v) is 11.4. The van der Waals surface area contributed by atoms with Crippen LogP contribution in [-0.4, -0.2) is 119 Å². The summed E-state index contributed by atoms with van der Waals surface area (Å²) in [6.45, 7) is 12.6. The number of methoxy groups -OCH3 is 2. The number of benzene rings is 1. The van der Waals surface area contributed by atoms with Gasteiger partial charge < -0.3 is 24.6 Å². The largest absolute Gasteiger partial charge is 0.497 e. The Hall–Kier alpha value is -2.03. The first-order chi connectivity index (χ1) is 15.0. The highest BCUT2D eigenvalue weighted by atomic mass is 16.5. The van der Waals surface area contributed by atoms with Crippen LogP contribution >= 0.6 is 0 Å². The van der Waals surface area contributed by atoms with Gasteiger partial charge in [0.15, 0.2) is 5.96 Å². The minimum Gasteiger partial charge on any atom is -0.497 e. The Bertz CT molecular complexity index is 712. The molecule has 2 aliphatic rings. The summed E-state index contributed by atoms with van der Waals surface area (Å²) in [4.78, 5) is 14.4. The average molecular weight is 433 g/mol. The lowest BCUT2D eigenvalue weighted by atomic mass is 10.1. The molecular formula is C23H40N6O2. The second-order valence-corrected chi connectivity index (χ2v) is 8.56. The van der Waals surface area contributed by atoms with E-state index in [9.17, 15) is 0 Å². The van der Waals surface area contributed by atoms with Gasteiger partial charge in [0.1, 0.15) is 11.5 Å². The number of ether oxygens (including phenoxy) is 2. The zero-order valence-electron chi connectivity index (χ0n) is 19.9. The molecule has 2 aliphatic heterocycles. The fourth-order valence-electron chi connectivity index (χ4n) is 4.33. The van der Waals surface area contributed by atoms with Crippen molar-refractivity contribution >= 4 is 5.96 Å². The van der Waals surface area contributed by atoms with E-state index in [2.05, 4.69) is 49.9 Å². The van der Waals surface area contributed by atoms with Crippen LogP contribution in [-0.2, 0) is 6.54 Å². The molecule has 3 rings (SSSR count). The maximum absolute atomic E-state index is 5.54. The Morgan fingerprint density at radius 1 is 1.03 bits per heavy atom. The Balaban J connectivity index is 1.47.